The Kier molecular flexibility index (Phi) is 4.52. The predicted octanol–water partition coefficient (Wildman–Crippen LogP) is 4.07. The Hall–Kier alpha value is -0.730. The molecule has 0 fully saturated rings. The van der Waals surface area contributed by atoms with Crippen molar-refractivity contribution < 1.29 is 0 Å². The third kappa shape index (κ3) is 2.99. The summed E-state index contributed by atoms with van der Waals surface area (Å²) in [6, 6.07) is 8.83. The highest BCUT2D eigenvalue weighted by molar-refractivity contribution is 7.99. The smallest absolute Gasteiger partial charge is 0.0107 e. The highest BCUT2D eigenvalue weighted by Crippen LogP contribution is 2.44. The van der Waals surface area contributed by atoms with Crippen LogP contribution in [0.2, 0.25) is 0 Å². The minimum Gasteiger partial charge on any atom is -0.316 e. The summed E-state index contributed by atoms with van der Waals surface area (Å²) in [5.74, 6) is 1.89. The van der Waals surface area contributed by atoms with Crippen molar-refractivity contribution in [3.05, 3.63) is 42.5 Å². The fourth-order valence-corrected chi connectivity index (χ4v) is 3.85. The van der Waals surface area contributed by atoms with E-state index in [0.29, 0.717) is 5.92 Å². The van der Waals surface area contributed by atoms with Gasteiger partial charge in [-0.1, -0.05) is 38.1 Å². The quantitative estimate of drug-likeness (QED) is 0.775. The molecule has 1 N–H and O–H groups in total. The second kappa shape index (κ2) is 5.94. The molecule has 2 rings (SSSR count). The molecule has 1 aromatic rings. The van der Waals surface area contributed by atoms with E-state index < -0.39 is 0 Å². The van der Waals surface area contributed by atoms with Crippen molar-refractivity contribution in [2.24, 2.45) is 5.41 Å². The normalized spacial score (nSPS) is 21.3. The van der Waals surface area contributed by atoms with Crippen molar-refractivity contribution in [1.82, 2.24) is 5.32 Å². The van der Waals surface area contributed by atoms with E-state index >= 15 is 0 Å². The monoisotopic (exact) mass is 261 g/mol. The first-order chi connectivity index (χ1) is 8.68. The minimum absolute atomic E-state index is 0.193. The summed E-state index contributed by atoms with van der Waals surface area (Å²) < 4.78 is 0. The van der Waals surface area contributed by atoms with Crippen LogP contribution in [0.15, 0.2) is 41.8 Å². The lowest BCUT2D eigenvalue weighted by Gasteiger charge is -2.29. The zero-order valence-corrected chi connectivity index (χ0v) is 12.2. The molecule has 0 saturated heterocycles. The molecule has 98 valence electrons. The lowest BCUT2D eigenvalue weighted by atomic mass is 9.79. The predicted molar refractivity (Wildman–Crippen MR) is 81.4 cm³/mol. The average Bonchev–Trinajstić information content (AvgIpc) is 2.80. The van der Waals surface area contributed by atoms with Crippen molar-refractivity contribution in [2.75, 3.05) is 18.8 Å². The maximum Gasteiger partial charge on any atom is 0.0107 e. The van der Waals surface area contributed by atoms with Gasteiger partial charge in [0.05, 0.1) is 0 Å². The van der Waals surface area contributed by atoms with Crippen molar-refractivity contribution in [3.8, 4) is 0 Å². The van der Waals surface area contributed by atoms with Crippen LogP contribution < -0.4 is 5.32 Å². The number of hydrogen-bond acceptors (Lipinski definition) is 2. The average molecular weight is 261 g/mol. The molecule has 2 heteroatoms. The first kappa shape index (κ1) is 13.7. The number of fused-ring (bicyclic) bond motifs is 1. The first-order valence-electron chi connectivity index (χ1n) is 6.74. The zero-order chi connectivity index (χ0) is 13.0. The maximum absolute atomic E-state index is 4.04. The molecule has 1 aliphatic heterocycles. The standard InChI is InChI=1S/C16H23NS/c1-4-16(3,12-17-5-2)10-13-11-18-15-9-7-6-8-14(13)15/h4,6-9,13,17H,1,5,10-12H2,2-3H3. The highest BCUT2D eigenvalue weighted by atomic mass is 32.2. The summed E-state index contributed by atoms with van der Waals surface area (Å²) in [7, 11) is 0. The van der Waals surface area contributed by atoms with Gasteiger partial charge in [-0.15, -0.1) is 18.3 Å². The van der Waals surface area contributed by atoms with Gasteiger partial charge < -0.3 is 5.32 Å². The molecule has 0 aromatic heterocycles. The first-order valence-corrected chi connectivity index (χ1v) is 7.73. The van der Waals surface area contributed by atoms with E-state index in [-0.39, 0.29) is 5.41 Å². The topological polar surface area (TPSA) is 12.0 Å². The molecule has 0 radical (unpaired) electrons. The van der Waals surface area contributed by atoms with Crippen molar-refractivity contribution in [1.29, 1.82) is 0 Å². The van der Waals surface area contributed by atoms with Gasteiger partial charge in [0.1, 0.15) is 0 Å². The molecule has 1 nitrogen and oxygen atoms in total. The van der Waals surface area contributed by atoms with Gasteiger partial charge in [0, 0.05) is 17.2 Å². The van der Waals surface area contributed by atoms with E-state index in [0.717, 1.165) is 13.1 Å². The molecule has 1 heterocycles. The van der Waals surface area contributed by atoms with E-state index in [1.54, 1.807) is 0 Å². The van der Waals surface area contributed by atoms with E-state index in [4.69, 9.17) is 0 Å². The molecule has 1 aliphatic rings. The fourth-order valence-electron chi connectivity index (χ4n) is 2.60. The van der Waals surface area contributed by atoms with Crippen molar-refractivity contribution in [2.45, 2.75) is 31.1 Å². The molecule has 0 bridgehead atoms. The Morgan fingerprint density at radius 1 is 1.50 bits per heavy atom. The van der Waals surface area contributed by atoms with Crippen LogP contribution in [0, 0.1) is 5.41 Å². The Labute approximate surface area is 115 Å². The molecule has 0 aliphatic carbocycles. The van der Waals surface area contributed by atoms with Gasteiger partial charge in [0.25, 0.3) is 0 Å². The highest BCUT2D eigenvalue weighted by Gasteiger charge is 2.30. The van der Waals surface area contributed by atoms with E-state index in [2.05, 4.69) is 56.1 Å². The number of nitrogens with one attached hydrogen (secondary N) is 1. The molecule has 2 atom stereocenters. The fraction of sp³-hybridized carbons (Fsp3) is 0.500. The van der Waals surface area contributed by atoms with Gasteiger partial charge in [0.15, 0.2) is 0 Å². The van der Waals surface area contributed by atoms with Crippen LogP contribution in [0.4, 0.5) is 0 Å². The summed E-state index contributed by atoms with van der Waals surface area (Å²) in [5.41, 5.74) is 1.73. The van der Waals surface area contributed by atoms with Crippen LogP contribution in [-0.2, 0) is 0 Å². The van der Waals surface area contributed by atoms with Crippen LogP contribution in [0.5, 0.6) is 0 Å². The third-order valence-electron chi connectivity index (χ3n) is 3.78. The lowest BCUT2D eigenvalue weighted by molar-refractivity contribution is 0.346. The van der Waals surface area contributed by atoms with Crippen molar-refractivity contribution in [3.63, 3.8) is 0 Å². The van der Waals surface area contributed by atoms with Crippen molar-refractivity contribution >= 4 is 11.8 Å². The minimum atomic E-state index is 0.193. The Bertz CT molecular complexity index is 415. The molecule has 0 saturated carbocycles. The van der Waals surface area contributed by atoms with Gasteiger partial charge >= 0.3 is 0 Å². The van der Waals surface area contributed by atoms with Gasteiger partial charge in [-0.25, -0.2) is 0 Å². The van der Waals surface area contributed by atoms with Gasteiger partial charge in [0.2, 0.25) is 0 Å². The Balaban J connectivity index is 2.07. The van der Waals surface area contributed by atoms with Crippen LogP contribution in [0.1, 0.15) is 31.7 Å². The second-order valence-corrected chi connectivity index (χ2v) is 6.45. The largest absolute Gasteiger partial charge is 0.316 e. The Morgan fingerprint density at radius 2 is 2.28 bits per heavy atom. The van der Waals surface area contributed by atoms with E-state index in [1.165, 1.54) is 22.6 Å². The molecule has 18 heavy (non-hydrogen) atoms. The summed E-state index contributed by atoms with van der Waals surface area (Å²) in [4.78, 5) is 1.47. The lowest BCUT2D eigenvalue weighted by Crippen LogP contribution is -2.31. The van der Waals surface area contributed by atoms with Crippen LogP contribution in [0.25, 0.3) is 0 Å². The maximum atomic E-state index is 4.04. The van der Waals surface area contributed by atoms with Crippen LogP contribution >= 0.6 is 11.8 Å². The third-order valence-corrected chi connectivity index (χ3v) is 5.04. The second-order valence-electron chi connectivity index (χ2n) is 5.39. The van der Waals surface area contributed by atoms with Crippen LogP contribution in [0.3, 0.4) is 0 Å². The number of hydrogen-bond donors (Lipinski definition) is 1. The SMILES string of the molecule is C=CC(C)(CNCC)CC1CSc2ccccc21. The molecular formula is C16H23NS. The number of rotatable bonds is 6. The van der Waals surface area contributed by atoms with E-state index in [1.807, 2.05) is 11.8 Å². The molecular weight excluding hydrogens is 238 g/mol. The molecule has 0 spiro atoms. The summed E-state index contributed by atoms with van der Waals surface area (Å²) >= 11 is 2.00. The zero-order valence-electron chi connectivity index (χ0n) is 11.4. The van der Waals surface area contributed by atoms with Gasteiger partial charge in [-0.05, 0) is 35.9 Å². The van der Waals surface area contributed by atoms with Gasteiger partial charge in [-0.3, -0.25) is 0 Å². The summed E-state index contributed by atoms with van der Waals surface area (Å²) in [5, 5.41) is 3.46. The number of benzene rings is 1. The van der Waals surface area contributed by atoms with Gasteiger partial charge in [-0.2, -0.15) is 0 Å². The summed E-state index contributed by atoms with van der Waals surface area (Å²) in [6.45, 7) is 10.6. The Morgan fingerprint density at radius 3 is 3.00 bits per heavy atom. The summed E-state index contributed by atoms with van der Waals surface area (Å²) in [6.07, 6.45) is 3.31. The molecule has 0 amide bonds. The number of thioether (sulfide) groups is 1. The molecule has 1 aromatic carbocycles. The van der Waals surface area contributed by atoms with Crippen LogP contribution in [-0.4, -0.2) is 18.8 Å². The molecule has 2 unspecified atom stereocenters. The van der Waals surface area contributed by atoms with E-state index in [9.17, 15) is 0 Å².